The molecule has 0 bridgehead atoms. The Balaban J connectivity index is 0.000000437. The van der Waals surface area contributed by atoms with E-state index in [0.29, 0.717) is 0 Å². The third-order valence-electron chi connectivity index (χ3n) is 1.44. The van der Waals surface area contributed by atoms with Crippen LogP contribution < -0.4 is 0 Å². The van der Waals surface area contributed by atoms with Crippen LogP contribution in [0.5, 0.6) is 0 Å². The van der Waals surface area contributed by atoms with Gasteiger partial charge in [-0.2, -0.15) is 16.8 Å². The number of hydrogen-bond acceptors (Lipinski definition) is 5. The summed E-state index contributed by atoms with van der Waals surface area (Å²) in [6, 6.07) is 8.91. The fraction of sp³-hybridized carbons (Fsp3) is 0.250. The van der Waals surface area contributed by atoms with Gasteiger partial charge in [0, 0.05) is 0 Å². The van der Waals surface area contributed by atoms with E-state index < -0.39 is 20.5 Å². The van der Waals surface area contributed by atoms with Crippen LogP contribution in [-0.4, -0.2) is 33.1 Å². The van der Waals surface area contributed by atoms with Crippen molar-refractivity contribution >= 4 is 20.5 Å². The average molecular weight is 284 g/mol. The quantitative estimate of drug-likeness (QED) is 0.613. The maximum absolute atomic E-state index is 10.9. The van der Waals surface area contributed by atoms with Crippen LogP contribution in [0.15, 0.2) is 30.3 Å². The molecule has 0 aromatic heterocycles. The lowest BCUT2D eigenvalue weighted by Crippen LogP contribution is -2.05. The van der Waals surface area contributed by atoms with E-state index in [-0.39, 0.29) is 5.75 Å². The Bertz CT molecular complexity index is 510. The number of rotatable bonds is 3. The van der Waals surface area contributed by atoms with E-state index >= 15 is 0 Å². The van der Waals surface area contributed by atoms with Crippen molar-refractivity contribution in [1.29, 1.82) is 0 Å². The SMILES string of the molecule is COS(=O)(=O)Cc1ccccc1.O=S(=O)(O)O. The molecule has 7 nitrogen and oxygen atoms in total. The fourth-order valence-corrected chi connectivity index (χ4v) is 1.56. The summed E-state index contributed by atoms with van der Waals surface area (Å²) in [5.41, 5.74) is 0.736. The molecular formula is C8H12O7S2. The maximum Gasteiger partial charge on any atom is 0.394 e. The van der Waals surface area contributed by atoms with Crippen molar-refractivity contribution in [3.63, 3.8) is 0 Å². The molecule has 0 amide bonds. The lowest BCUT2D eigenvalue weighted by Gasteiger charge is -1.99. The standard InChI is InChI=1S/C8H10O3S.H2O4S/c1-11-12(9,10)7-8-5-3-2-4-6-8;1-5(2,3)4/h2-6H,7H2,1H3;(H2,1,2,3,4). The Labute approximate surface area is 99.7 Å². The molecule has 0 fully saturated rings. The molecule has 1 rings (SSSR count). The van der Waals surface area contributed by atoms with Gasteiger partial charge in [0.1, 0.15) is 5.75 Å². The Morgan fingerprint density at radius 2 is 1.47 bits per heavy atom. The highest BCUT2D eigenvalue weighted by atomic mass is 32.3. The zero-order valence-corrected chi connectivity index (χ0v) is 10.5. The van der Waals surface area contributed by atoms with Crippen LogP contribution >= 0.6 is 0 Å². The normalized spacial score (nSPS) is 11.5. The largest absolute Gasteiger partial charge is 0.394 e. The van der Waals surface area contributed by atoms with Crippen LogP contribution in [0.2, 0.25) is 0 Å². The predicted octanol–water partition coefficient (Wildman–Crippen LogP) is 0.510. The summed E-state index contributed by atoms with van der Waals surface area (Å²) in [6.07, 6.45) is 0. The summed E-state index contributed by atoms with van der Waals surface area (Å²) < 4.78 is 57.8. The molecule has 0 unspecified atom stereocenters. The summed E-state index contributed by atoms with van der Waals surface area (Å²) in [5, 5.41) is 0. The summed E-state index contributed by atoms with van der Waals surface area (Å²) in [6.45, 7) is 0. The Morgan fingerprint density at radius 1 is 1.06 bits per heavy atom. The second kappa shape index (κ2) is 6.67. The minimum Gasteiger partial charge on any atom is -0.273 e. The molecule has 9 heteroatoms. The molecule has 17 heavy (non-hydrogen) atoms. The number of hydrogen-bond donors (Lipinski definition) is 2. The summed E-state index contributed by atoms with van der Waals surface area (Å²) >= 11 is 0. The van der Waals surface area contributed by atoms with Gasteiger partial charge in [0.2, 0.25) is 0 Å². The van der Waals surface area contributed by atoms with E-state index in [1.165, 1.54) is 0 Å². The van der Waals surface area contributed by atoms with E-state index in [2.05, 4.69) is 4.18 Å². The predicted molar refractivity (Wildman–Crippen MR) is 60.3 cm³/mol. The van der Waals surface area contributed by atoms with Crippen molar-refractivity contribution in [3.8, 4) is 0 Å². The van der Waals surface area contributed by atoms with Crippen molar-refractivity contribution < 1.29 is 30.1 Å². The minimum atomic E-state index is -4.67. The summed E-state index contributed by atoms with van der Waals surface area (Å²) in [7, 11) is -6.87. The molecule has 0 aliphatic rings. The van der Waals surface area contributed by atoms with Gasteiger partial charge in [0.25, 0.3) is 10.1 Å². The second-order valence-corrected chi connectivity index (χ2v) is 5.44. The third kappa shape index (κ3) is 11.3. The second-order valence-electron chi connectivity index (χ2n) is 2.80. The third-order valence-corrected chi connectivity index (χ3v) is 2.63. The van der Waals surface area contributed by atoms with Crippen LogP contribution in [0.4, 0.5) is 0 Å². The lowest BCUT2D eigenvalue weighted by atomic mass is 10.2. The van der Waals surface area contributed by atoms with Gasteiger partial charge >= 0.3 is 10.4 Å². The van der Waals surface area contributed by atoms with Gasteiger partial charge in [-0.1, -0.05) is 30.3 Å². The zero-order valence-electron chi connectivity index (χ0n) is 8.85. The molecule has 1 aromatic carbocycles. The first kappa shape index (κ1) is 16.0. The highest BCUT2D eigenvalue weighted by molar-refractivity contribution is 7.85. The molecule has 2 N–H and O–H groups in total. The molecule has 0 saturated carbocycles. The van der Waals surface area contributed by atoms with Gasteiger partial charge in [-0.3, -0.25) is 13.3 Å². The van der Waals surface area contributed by atoms with Crippen molar-refractivity contribution in [1.82, 2.24) is 0 Å². The van der Waals surface area contributed by atoms with E-state index in [9.17, 15) is 8.42 Å². The van der Waals surface area contributed by atoms with Gasteiger partial charge < -0.3 is 0 Å². The van der Waals surface area contributed by atoms with E-state index in [0.717, 1.165) is 12.7 Å². The minimum absolute atomic E-state index is 0.0651. The molecule has 0 heterocycles. The topological polar surface area (TPSA) is 118 Å². The van der Waals surface area contributed by atoms with Crippen molar-refractivity contribution in [3.05, 3.63) is 35.9 Å². The lowest BCUT2D eigenvalue weighted by molar-refractivity contribution is 0.380. The molecule has 0 aliphatic carbocycles. The summed E-state index contributed by atoms with van der Waals surface area (Å²) in [5.74, 6) is -0.0651. The molecule has 0 radical (unpaired) electrons. The van der Waals surface area contributed by atoms with Crippen molar-refractivity contribution in [2.45, 2.75) is 5.75 Å². The Morgan fingerprint density at radius 3 is 1.82 bits per heavy atom. The van der Waals surface area contributed by atoms with Crippen LogP contribution in [-0.2, 0) is 30.5 Å². The van der Waals surface area contributed by atoms with Crippen molar-refractivity contribution in [2.75, 3.05) is 7.11 Å². The maximum atomic E-state index is 10.9. The van der Waals surface area contributed by atoms with Gasteiger partial charge in [-0.25, -0.2) is 0 Å². The van der Waals surface area contributed by atoms with Gasteiger partial charge in [-0.15, -0.1) is 0 Å². The Hall–Kier alpha value is -1.00. The fourth-order valence-electron chi connectivity index (χ4n) is 0.837. The zero-order chi connectivity index (χ0) is 13.5. The van der Waals surface area contributed by atoms with Crippen LogP contribution in [0, 0.1) is 0 Å². The monoisotopic (exact) mass is 284 g/mol. The van der Waals surface area contributed by atoms with E-state index in [4.69, 9.17) is 17.5 Å². The first-order chi connectivity index (χ1) is 7.64. The first-order valence-electron chi connectivity index (χ1n) is 4.16. The molecule has 0 saturated heterocycles. The number of benzene rings is 1. The highest BCUT2D eigenvalue weighted by Gasteiger charge is 2.08. The Kier molecular flexibility index (Phi) is 6.27. The van der Waals surface area contributed by atoms with Crippen LogP contribution in [0.25, 0.3) is 0 Å². The van der Waals surface area contributed by atoms with Gasteiger partial charge in [0.15, 0.2) is 0 Å². The molecule has 1 aromatic rings. The van der Waals surface area contributed by atoms with E-state index in [1.807, 2.05) is 6.07 Å². The molecule has 0 atom stereocenters. The smallest absolute Gasteiger partial charge is 0.273 e. The first-order valence-corrected chi connectivity index (χ1v) is 7.13. The molecule has 0 aliphatic heterocycles. The van der Waals surface area contributed by atoms with Gasteiger partial charge in [0.05, 0.1) is 7.11 Å². The average Bonchev–Trinajstić information content (AvgIpc) is 2.16. The summed E-state index contributed by atoms with van der Waals surface area (Å²) in [4.78, 5) is 0. The molecule has 0 spiro atoms. The van der Waals surface area contributed by atoms with Crippen LogP contribution in [0.3, 0.4) is 0 Å². The molecular weight excluding hydrogens is 272 g/mol. The van der Waals surface area contributed by atoms with E-state index in [1.54, 1.807) is 24.3 Å². The van der Waals surface area contributed by atoms with Crippen LogP contribution in [0.1, 0.15) is 5.56 Å². The van der Waals surface area contributed by atoms with Crippen molar-refractivity contribution in [2.24, 2.45) is 0 Å². The highest BCUT2D eigenvalue weighted by Crippen LogP contribution is 2.05. The van der Waals surface area contributed by atoms with Gasteiger partial charge in [-0.05, 0) is 5.56 Å². The molecule has 98 valence electrons.